The van der Waals surface area contributed by atoms with Crippen LogP contribution in [-0.2, 0) is 24.2 Å². The minimum atomic E-state index is -0.0225. The van der Waals surface area contributed by atoms with E-state index >= 15 is 0 Å². The molecule has 2 amide bonds. The second kappa shape index (κ2) is 8.33. The van der Waals surface area contributed by atoms with Crippen molar-refractivity contribution in [2.45, 2.75) is 45.6 Å². The van der Waals surface area contributed by atoms with Crippen LogP contribution in [0.4, 0.5) is 10.5 Å². The number of hydrogen-bond acceptors (Lipinski definition) is 3. The van der Waals surface area contributed by atoms with Crippen molar-refractivity contribution >= 4 is 11.7 Å². The maximum absolute atomic E-state index is 12.9. The van der Waals surface area contributed by atoms with E-state index in [1.165, 1.54) is 11.1 Å². The number of nitrogens with zero attached hydrogens (tertiary/aromatic N) is 2. The summed E-state index contributed by atoms with van der Waals surface area (Å²) in [5, 5.41) is 3.15. The molecule has 0 saturated carbocycles. The van der Waals surface area contributed by atoms with Gasteiger partial charge in [0.2, 0.25) is 0 Å². The Bertz CT molecular complexity index is 828. The van der Waals surface area contributed by atoms with Gasteiger partial charge in [-0.3, -0.25) is 4.90 Å². The topological polar surface area (TPSA) is 44.8 Å². The summed E-state index contributed by atoms with van der Waals surface area (Å²) in [6.45, 7) is 8.30. The van der Waals surface area contributed by atoms with Crippen molar-refractivity contribution in [2.24, 2.45) is 0 Å². The fourth-order valence-corrected chi connectivity index (χ4v) is 4.30. The van der Waals surface area contributed by atoms with Crippen molar-refractivity contribution < 1.29 is 9.53 Å². The Balaban J connectivity index is 1.43. The third-order valence-corrected chi connectivity index (χ3v) is 5.57. The van der Waals surface area contributed by atoms with E-state index in [0.717, 1.165) is 43.9 Å². The Morgan fingerprint density at radius 3 is 2.50 bits per heavy atom. The molecule has 148 valence electrons. The second-order valence-corrected chi connectivity index (χ2v) is 7.98. The van der Waals surface area contributed by atoms with Gasteiger partial charge in [-0.1, -0.05) is 42.5 Å². The van der Waals surface area contributed by atoms with Crippen molar-refractivity contribution in [1.29, 1.82) is 0 Å². The molecule has 0 bridgehead atoms. The maximum Gasteiger partial charge on any atom is 0.322 e. The number of carbonyl (C=O) groups excluding carboxylic acids is 1. The normalized spacial score (nSPS) is 22.6. The molecule has 2 heterocycles. The number of fused-ring (bicyclic) bond motifs is 1. The molecule has 2 unspecified atom stereocenters. The lowest BCUT2D eigenvalue weighted by atomic mass is 10.0. The summed E-state index contributed by atoms with van der Waals surface area (Å²) in [5.41, 5.74) is 4.64. The fourth-order valence-electron chi connectivity index (χ4n) is 4.30. The Labute approximate surface area is 167 Å². The number of urea groups is 1. The van der Waals surface area contributed by atoms with E-state index in [-0.39, 0.29) is 18.2 Å². The van der Waals surface area contributed by atoms with E-state index in [1.807, 2.05) is 29.2 Å². The molecule has 4 rings (SSSR count). The molecule has 2 aromatic carbocycles. The highest BCUT2D eigenvalue weighted by atomic mass is 16.5. The zero-order valence-corrected chi connectivity index (χ0v) is 16.7. The Hall–Kier alpha value is -2.37. The van der Waals surface area contributed by atoms with E-state index in [4.69, 9.17) is 4.74 Å². The van der Waals surface area contributed by atoms with Crippen LogP contribution in [0.25, 0.3) is 0 Å². The molecule has 1 fully saturated rings. The molecule has 2 aromatic rings. The molecule has 0 aliphatic carbocycles. The SMILES string of the molecule is CC1CN(Cc2ccccc2NC(=O)N2CCc3ccccc3C2)CC(C)O1. The predicted octanol–water partition coefficient (Wildman–Crippen LogP) is 3.89. The van der Waals surface area contributed by atoms with Crippen LogP contribution >= 0.6 is 0 Å². The van der Waals surface area contributed by atoms with Gasteiger partial charge in [0.15, 0.2) is 0 Å². The first-order valence-corrected chi connectivity index (χ1v) is 10.2. The summed E-state index contributed by atoms with van der Waals surface area (Å²) in [7, 11) is 0. The van der Waals surface area contributed by atoms with Crippen molar-refractivity contribution in [3.8, 4) is 0 Å². The first-order chi connectivity index (χ1) is 13.6. The van der Waals surface area contributed by atoms with Gasteiger partial charge in [0.05, 0.1) is 12.2 Å². The molecule has 1 saturated heterocycles. The number of para-hydroxylation sites is 1. The largest absolute Gasteiger partial charge is 0.373 e. The third kappa shape index (κ3) is 4.37. The summed E-state index contributed by atoms with van der Waals surface area (Å²) >= 11 is 0. The number of nitrogens with one attached hydrogen (secondary N) is 1. The van der Waals surface area contributed by atoms with E-state index in [0.29, 0.717) is 6.54 Å². The van der Waals surface area contributed by atoms with E-state index in [1.54, 1.807) is 0 Å². The first kappa shape index (κ1) is 19.0. The molecule has 0 spiro atoms. The van der Waals surface area contributed by atoms with Crippen molar-refractivity contribution in [3.05, 3.63) is 65.2 Å². The number of benzene rings is 2. The highest BCUT2D eigenvalue weighted by Gasteiger charge is 2.24. The quantitative estimate of drug-likeness (QED) is 0.880. The van der Waals surface area contributed by atoms with Gasteiger partial charge in [0.1, 0.15) is 0 Å². The molecule has 2 aliphatic heterocycles. The second-order valence-electron chi connectivity index (χ2n) is 7.98. The van der Waals surface area contributed by atoms with Crippen LogP contribution in [0.1, 0.15) is 30.5 Å². The first-order valence-electron chi connectivity index (χ1n) is 10.2. The van der Waals surface area contributed by atoms with Gasteiger partial charge in [-0.05, 0) is 43.0 Å². The van der Waals surface area contributed by atoms with Gasteiger partial charge in [-0.25, -0.2) is 4.79 Å². The van der Waals surface area contributed by atoms with Crippen LogP contribution in [0.5, 0.6) is 0 Å². The third-order valence-electron chi connectivity index (χ3n) is 5.57. The summed E-state index contributed by atoms with van der Waals surface area (Å²) in [5.74, 6) is 0. The molecule has 2 aliphatic rings. The molecular formula is C23H29N3O2. The number of anilines is 1. The Kier molecular flexibility index (Phi) is 5.64. The minimum absolute atomic E-state index is 0.0225. The van der Waals surface area contributed by atoms with Gasteiger partial charge in [0.25, 0.3) is 0 Å². The molecule has 0 aromatic heterocycles. The molecule has 1 N–H and O–H groups in total. The monoisotopic (exact) mass is 379 g/mol. The molecule has 28 heavy (non-hydrogen) atoms. The number of hydrogen-bond donors (Lipinski definition) is 1. The summed E-state index contributed by atoms with van der Waals surface area (Å²) in [4.78, 5) is 17.2. The highest BCUT2D eigenvalue weighted by Crippen LogP contribution is 2.23. The van der Waals surface area contributed by atoms with E-state index < -0.39 is 0 Å². The maximum atomic E-state index is 12.9. The van der Waals surface area contributed by atoms with Gasteiger partial charge in [-0.2, -0.15) is 0 Å². The average Bonchev–Trinajstić information content (AvgIpc) is 2.68. The van der Waals surface area contributed by atoms with E-state index in [2.05, 4.69) is 48.3 Å². The number of carbonyl (C=O) groups is 1. The smallest absolute Gasteiger partial charge is 0.322 e. The predicted molar refractivity (Wildman–Crippen MR) is 111 cm³/mol. The van der Waals surface area contributed by atoms with Crippen LogP contribution in [-0.4, -0.2) is 47.7 Å². The zero-order valence-electron chi connectivity index (χ0n) is 16.7. The van der Waals surface area contributed by atoms with Crippen molar-refractivity contribution in [1.82, 2.24) is 9.80 Å². The average molecular weight is 380 g/mol. The van der Waals surface area contributed by atoms with E-state index in [9.17, 15) is 4.79 Å². The summed E-state index contributed by atoms with van der Waals surface area (Å²) in [6, 6.07) is 16.5. The Morgan fingerprint density at radius 2 is 1.71 bits per heavy atom. The van der Waals surface area contributed by atoms with Crippen LogP contribution in [0.2, 0.25) is 0 Å². The van der Waals surface area contributed by atoms with Gasteiger partial charge in [0, 0.05) is 38.4 Å². The molecular weight excluding hydrogens is 350 g/mol. The van der Waals surface area contributed by atoms with Gasteiger partial charge < -0.3 is 15.0 Å². The standard InChI is InChI=1S/C23H29N3O2/c1-17-13-25(14-18(2)28-17)15-21-9-5-6-10-22(21)24-23(27)26-12-11-19-7-3-4-8-20(19)16-26/h3-10,17-18H,11-16H2,1-2H3,(H,24,27). The molecule has 0 radical (unpaired) electrons. The lowest BCUT2D eigenvalue weighted by Crippen LogP contribution is -2.45. The number of morpholine rings is 1. The lowest BCUT2D eigenvalue weighted by molar-refractivity contribution is -0.0704. The zero-order chi connectivity index (χ0) is 19.5. The summed E-state index contributed by atoms with van der Waals surface area (Å²) < 4.78 is 5.84. The van der Waals surface area contributed by atoms with Gasteiger partial charge >= 0.3 is 6.03 Å². The lowest BCUT2D eigenvalue weighted by Gasteiger charge is -2.35. The highest BCUT2D eigenvalue weighted by molar-refractivity contribution is 5.90. The Morgan fingerprint density at radius 1 is 1.04 bits per heavy atom. The van der Waals surface area contributed by atoms with Crippen molar-refractivity contribution in [2.75, 3.05) is 25.0 Å². The molecule has 5 nitrogen and oxygen atoms in total. The molecule has 5 heteroatoms. The minimum Gasteiger partial charge on any atom is -0.373 e. The number of amides is 2. The van der Waals surface area contributed by atoms with Gasteiger partial charge in [-0.15, -0.1) is 0 Å². The number of ether oxygens (including phenoxy) is 1. The summed E-state index contributed by atoms with van der Waals surface area (Å²) in [6.07, 6.45) is 1.38. The molecule has 2 atom stereocenters. The van der Waals surface area contributed by atoms with Crippen molar-refractivity contribution in [3.63, 3.8) is 0 Å². The number of rotatable bonds is 3. The van der Waals surface area contributed by atoms with Crippen LogP contribution < -0.4 is 5.32 Å². The fraction of sp³-hybridized carbons (Fsp3) is 0.435. The van der Waals surface area contributed by atoms with Crippen LogP contribution in [0.15, 0.2) is 48.5 Å². The van der Waals surface area contributed by atoms with Crippen LogP contribution in [0.3, 0.4) is 0 Å². The van der Waals surface area contributed by atoms with Crippen LogP contribution in [0, 0.1) is 0 Å².